The van der Waals surface area contributed by atoms with Crippen molar-refractivity contribution in [1.29, 1.82) is 0 Å². The van der Waals surface area contributed by atoms with Gasteiger partial charge in [-0.15, -0.1) is 0 Å². The Kier molecular flexibility index (Phi) is 7.32. The van der Waals surface area contributed by atoms with Crippen LogP contribution in [0, 0.1) is 11.7 Å². The van der Waals surface area contributed by atoms with E-state index in [1.807, 2.05) is 18.2 Å². The molecule has 1 aliphatic rings. The van der Waals surface area contributed by atoms with Crippen LogP contribution in [-0.4, -0.2) is 17.4 Å². The first-order valence-corrected chi connectivity index (χ1v) is 11.3. The number of rotatable bonds is 6. The molecule has 0 saturated carbocycles. The lowest BCUT2D eigenvalue weighted by Crippen LogP contribution is -2.44. The smallest absolute Gasteiger partial charge is 0.352 e. The first-order valence-electron chi connectivity index (χ1n) is 11.3. The zero-order chi connectivity index (χ0) is 24.1. The Morgan fingerprint density at radius 2 is 1.65 bits per heavy atom. The molecule has 0 bridgehead atoms. The molecule has 2 atom stereocenters. The highest BCUT2D eigenvalue weighted by Gasteiger charge is 2.33. The van der Waals surface area contributed by atoms with Gasteiger partial charge < -0.3 is 5.32 Å². The maximum atomic E-state index is 13.4. The molecule has 1 N–H and O–H groups in total. The van der Waals surface area contributed by atoms with Crippen LogP contribution in [0.3, 0.4) is 0 Å². The van der Waals surface area contributed by atoms with Crippen molar-refractivity contribution in [2.24, 2.45) is 5.92 Å². The van der Waals surface area contributed by atoms with Gasteiger partial charge in [-0.3, -0.25) is 9.69 Å². The molecule has 0 aromatic heterocycles. The molecule has 1 saturated heterocycles. The van der Waals surface area contributed by atoms with Gasteiger partial charge in [0.1, 0.15) is 5.82 Å². The Bertz CT molecular complexity index is 1100. The average Bonchev–Trinajstić information content (AvgIpc) is 2.84. The van der Waals surface area contributed by atoms with Crippen LogP contribution >= 0.6 is 0 Å². The van der Waals surface area contributed by atoms with E-state index >= 15 is 0 Å². The van der Waals surface area contributed by atoms with E-state index < -0.39 is 11.7 Å². The van der Waals surface area contributed by atoms with Gasteiger partial charge in [0, 0.05) is 25.7 Å². The number of halogens is 4. The molecule has 34 heavy (non-hydrogen) atoms. The molecule has 1 heterocycles. The Morgan fingerprint density at radius 3 is 2.35 bits per heavy atom. The standard InChI is InChI=1S/C27H26F4N2O/c28-24-12-9-19(10-13-24)17-33-18-22(11-14-25(33)21-6-2-1-3-7-21)26(34)32-16-20-5-4-8-23(15-20)27(29,30)31/h1-10,12-13,15,22,25H,11,14,16-18H2,(H,32,34)/t22-,25+/m0/s1. The molecule has 0 radical (unpaired) electrons. The second-order valence-corrected chi connectivity index (χ2v) is 8.67. The van der Waals surface area contributed by atoms with Crippen LogP contribution in [0.4, 0.5) is 17.6 Å². The number of piperidine rings is 1. The van der Waals surface area contributed by atoms with Gasteiger partial charge in [0.2, 0.25) is 5.91 Å². The van der Waals surface area contributed by atoms with Gasteiger partial charge in [-0.2, -0.15) is 13.2 Å². The Labute approximate surface area is 196 Å². The molecule has 1 fully saturated rings. The number of likely N-dealkylation sites (tertiary alicyclic amines) is 1. The maximum Gasteiger partial charge on any atom is 0.416 e. The van der Waals surface area contributed by atoms with E-state index in [0.717, 1.165) is 29.7 Å². The fraction of sp³-hybridized carbons (Fsp3) is 0.296. The summed E-state index contributed by atoms with van der Waals surface area (Å²) in [5.41, 5.74) is 1.79. The number of nitrogens with zero attached hydrogens (tertiary/aromatic N) is 1. The SMILES string of the molecule is O=C(NCc1cccc(C(F)(F)F)c1)[C@H]1CC[C@H](c2ccccc2)N(Cc2ccc(F)cc2)C1. The van der Waals surface area contributed by atoms with Crippen molar-refractivity contribution in [1.82, 2.24) is 10.2 Å². The minimum absolute atomic E-state index is 0.0410. The third kappa shape index (κ3) is 6.03. The molecule has 3 aromatic carbocycles. The molecule has 7 heteroatoms. The van der Waals surface area contributed by atoms with E-state index in [9.17, 15) is 22.4 Å². The quantitative estimate of drug-likeness (QED) is 0.441. The largest absolute Gasteiger partial charge is 0.416 e. The van der Waals surface area contributed by atoms with Crippen LogP contribution in [0.1, 0.15) is 41.1 Å². The monoisotopic (exact) mass is 470 g/mol. The topological polar surface area (TPSA) is 32.3 Å². The zero-order valence-electron chi connectivity index (χ0n) is 18.6. The van der Waals surface area contributed by atoms with Crippen molar-refractivity contribution >= 4 is 5.91 Å². The summed E-state index contributed by atoms with van der Waals surface area (Å²) < 4.78 is 52.3. The molecular formula is C27H26F4N2O. The van der Waals surface area contributed by atoms with Gasteiger partial charge in [-0.25, -0.2) is 4.39 Å². The molecule has 1 amide bonds. The normalized spacial score (nSPS) is 19.1. The van der Waals surface area contributed by atoms with Crippen molar-refractivity contribution in [3.05, 3.63) is 107 Å². The molecule has 178 valence electrons. The number of carbonyl (C=O) groups is 1. The summed E-state index contributed by atoms with van der Waals surface area (Å²) >= 11 is 0. The Morgan fingerprint density at radius 1 is 0.912 bits per heavy atom. The van der Waals surface area contributed by atoms with Crippen LogP contribution in [0.5, 0.6) is 0 Å². The van der Waals surface area contributed by atoms with Crippen LogP contribution in [0.2, 0.25) is 0 Å². The Balaban J connectivity index is 1.44. The predicted molar refractivity (Wildman–Crippen MR) is 122 cm³/mol. The molecule has 3 aromatic rings. The highest BCUT2D eigenvalue weighted by molar-refractivity contribution is 5.79. The van der Waals surface area contributed by atoms with Gasteiger partial charge in [-0.05, 0) is 53.8 Å². The maximum absolute atomic E-state index is 13.4. The lowest BCUT2D eigenvalue weighted by Gasteiger charge is -2.39. The van der Waals surface area contributed by atoms with Crippen molar-refractivity contribution in [3.63, 3.8) is 0 Å². The highest BCUT2D eigenvalue weighted by Crippen LogP contribution is 2.35. The summed E-state index contributed by atoms with van der Waals surface area (Å²) in [6.07, 6.45) is -2.97. The van der Waals surface area contributed by atoms with Crippen molar-refractivity contribution < 1.29 is 22.4 Å². The number of alkyl halides is 3. The van der Waals surface area contributed by atoms with E-state index in [4.69, 9.17) is 0 Å². The van der Waals surface area contributed by atoms with Crippen molar-refractivity contribution in [3.8, 4) is 0 Å². The second-order valence-electron chi connectivity index (χ2n) is 8.67. The summed E-state index contributed by atoms with van der Waals surface area (Å²) in [5.74, 6) is -0.756. The van der Waals surface area contributed by atoms with Crippen molar-refractivity contribution in [2.75, 3.05) is 6.54 Å². The summed E-state index contributed by atoms with van der Waals surface area (Å²) in [7, 11) is 0. The van der Waals surface area contributed by atoms with Gasteiger partial charge in [0.05, 0.1) is 11.5 Å². The number of benzene rings is 3. The molecule has 0 spiro atoms. The first-order chi connectivity index (χ1) is 16.3. The van der Waals surface area contributed by atoms with E-state index in [1.165, 1.54) is 18.2 Å². The third-order valence-corrected chi connectivity index (χ3v) is 6.26. The average molecular weight is 471 g/mol. The lowest BCUT2D eigenvalue weighted by molar-refractivity contribution is -0.137. The van der Waals surface area contributed by atoms with Gasteiger partial charge in [0.15, 0.2) is 0 Å². The van der Waals surface area contributed by atoms with Gasteiger partial charge >= 0.3 is 6.18 Å². The molecular weight excluding hydrogens is 444 g/mol. The van der Waals surface area contributed by atoms with E-state index in [-0.39, 0.29) is 30.2 Å². The van der Waals surface area contributed by atoms with E-state index in [2.05, 4.69) is 22.3 Å². The zero-order valence-corrected chi connectivity index (χ0v) is 18.6. The molecule has 0 aliphatic carbocycles. The number of hydrogen-bond acceptors (Lipinski definition) is 2. The fourth-order valence-electron chi connectivity index (χ4n) is 4.50. The molecule has 4 rings (SSSR count). The minimum atomic E-state index is -4.42. The number of amides is 1. The van der Waals surface area contributed by atoms with Crippen LogP contribution < -0.4 is 5.32 Å². The fourth-order valence-corrected chi connectivity index (χ4v) is 4.50. The van der Waals surface area contributed by atoms with Crippen LogP contribution in [0.25, 0.3) is 0 Å². The summed E-state index contributed by atoms with van der Waals surface area (Å²) in [6.45, 7) is 1.11. The highest BCUT2D eigenvalue weighted by atomic mass is 19.4. The van der Waals surface area contributed by atoms with Crippen LogP contribution in [-0.2, 0) is 24.1 Å². The summed E-state index contributed by atoms with van der Waals surface area (Å²) in [4.78, 5) is 15.2. The molecule has 0 unspecified atom stereocenters. The predicted octanol–water partition coefficient (Wildman–Crippen LogP) is 6.11. The first kappa shape index (κ1) is 24.0. The Hall–Kier alpha value is -3.19. The van der Waals surface area contributed by atoms with Gasteiger partial charge in [0.25, 0.3) is 0 Å². The second kappa shape index (κ2) is 10.4. The van der Waals surface area contributed by atoms with Crippen molar-refractivity contribution in [2.45, 2.75) is 38.1 Å². The van der Waals surface area contributed by atoms with E-state index in [1.54, 1.807) is 18.2 Å². The van der Waals surface area contributed by atoms with Crippen LogP contribution in [0.15, 0.2) is 78.9 Å². The van der Waals surface area contributed by atoms with E-state index in [0.29, 0.717) is 25.1 Å². The number of hydrogen-bond donors (Lipinski definition) is 1. The lowest BCUT2D eigenvalue weighted by atomic mass is 9.88. The summed E-state index contributed by atoms with van der Waals surface area (Å²) in [5, 5.41) is 2.81. The summed E-state index contributed by atoms with van der Waals surface area (Å²) in [6, 6.07) is 21.5. The minimum Gasteiger partial charge on any atom is -0.352 e. The number of carbonyl (C=O) groups excluding carboxylic acids is 1. The number of nitrogens with one attached hydrogen (secondary N) is 1. The third-order valence-electron chi connectivity index (χ3n) is 6.26. The molecule has 1 aliphatic heterocycles. The van der Waals surface area contributed by atoms with Gasteiger partial charge in [-0.1, -0.05) is 54.6 Å². The molecule has 3 nitrogen and oxygen atoms in total.